The van der Waals surface area contributed by atoms with Crippen LogP contribution >= 0.6 is 0 Å². The fraction of sp³-hybridized carbons (Fsp3) is 0.364. The first kappa shape index (κ1) is 18.5. The zero-order chi connectivity index (χ0) is 19.5. The molecule has 0 aliphatic carbocycles. The van der Waals surface area contributed by atoms with Crippen LogP contribution < -0.4 is 4.74 Å². The van der Waals surface area contributed by atoms with E-state index in [0.717, 1.165) is 24.0 Å². The number of hydrogen-bond donors (Lipinski definition) is 1. The number of carboxylic acid groups (broad SMARTS) is 1. The number of amides is 1. The molecule has 0 radical (unpaired) electrons. The van der Waals surface area contributed by atoms with E-state index in [1.165, 1.54) is 6.07 Å². The number of carbonyl (C=O) groups is 2. The quantitative estimate of drug-likeness (QED) is 0.883. The second kappa shape index (κ2) is 8.02. The maximum absolute atomic E-state index is 13.4. The topological polar surface area (TPSA) is 76.1 Å². The van der Waals surface area contributed by atoms with E-state index in [-0.39, 0.29) is 30.0 Å². The lowest BCUT2D eigenvalue weighted by Crippen LogP contribution is -2.42. The van der Waals surface area contributed by atoms with Crippen LogP contribution in [-0.4, -0.2) is 41.7 Å². The number of benzene rings is 2. The average Bonchev–Trinajstić information content (AvgIpc) is 2.93. The second-order valence-electron chi connectivity index (χ2n) is 7.25. The van der Waals surface area contributed by atoms with Crippen molar-refractivity contribution < 1.29 is 24.2 Å². The van der Waals surface area contributed by atoms with Crippen molar-refractivity contribution >= 4 is 11.9 Å². The highest BCUT2D eigenvalue weighted by Crippen LogP contribution is 2.34. The Morgan fingerprint density at radius 1 is 1.07 bits per heavy atom. The molecule has 6 nitrogen and oxygen atoms in total. The van der Waals surface area contributed by atoms with Gasteiger partial charge in [0.15, 0.2) is 0 Å². The van der Waals surface area contributed by atoms with Gasteiger partial charge in [0.25, 0.3) is 0 Å². The third kappa shape index (κ3) is 3.73. The number of ether oxygens (including phenoxy) is 2. The molecule has 2 aromatic carbocycles. The lowest BCUT2D eigenvalue weighted by atomic mass is 9.97. The zero-order valence-corrected chi connectivity index (χ0v) is 15.5. The van der Waals surface area contributed by atoms with E-state index in [9.17, 15) is 14.7 Å². The Labute approximate surface area is 163 Å². The van der Waals surface area contributed by atoms with Crippen molar-refractivity contribution in [3.05, 3.63) is 65.2 Å². The van der Waals surface area contributed by atoms with Crippen molar-refractivity contribution in [3.63, 3.8) is 0 Å². The molecule has 4 rings (SSSR count). The van der Waals surface area contributed by atoms with E-state index in [1.807, 2.05) is 35.2 Å². The molecule has 1 N–H and O–H groups in total. The first-order chi connectivity index (χ1) is 13.6. The van der Waals surface area contributed by atoms with Gasteiger partial charge in [0.2, 0.25) is 5.91 Å². The van der Waals surface area contributed by atoms with E-state index >= 15 is 0 Å². The molecule has 28 heavy (non-hydrogen) atoms. The maximum atomic E-state index is 13.4. The minimum Gasteiger partial charge on any atom is -0.491 e. The summed E-state index contributed by atoms with van der Waals surface area (Å²) >= 11 is 0. The third-order valence-electron chi connectivity index (χ3n) is 5.40. The van der Waals surface area contributed by atoms with Crippen LogP contribution in [0.25, 0.3) is 0 Å². The summed E-state index contributed by atoms with van der Waals surface area (Å²) < 4.78 is 11.5. The van der Waals surface area contributed by atoms with Gasteiger partial charge in [0, 0.05) is 12.2 Å². The van der Waals surface area contributed by atoms with Crippen LogP contribution in [0.15, 0.2) is 48.5 Å². The lowest BCUT2D eigenvalue weighted by molar-refractivity contribution is -0.143. The summed E-state index contributed by atoms with van der Waals surface area (Å²) in [6.45, 7) is 1.81. The Hall–Kier alpha value is -2.86. The molecule has 2 heterocycles. The first-order valence-electron chi connectivity index (χ1n) is 9.55. The lowest BCUT2D eigenvalue weighted by Gasteiger charge is -2.34. The summed E-state index contributed by atoms with van der Waals surface area (Å²) in [5.74, 6) is -0.564. The number of carboxylic acids is 1. The van der Waals surface area contributed by atoms with Gasteiger partial charge in [0.1, 0.15) is 12.4 Å². The van der Waals surface area contributed by atoms with Gasteiger partial charge in [-0.3, -0.25) is 4.79 Å². The smallest absolute Gasteiger partial charge is 0.335 e. The summed E-state index contributed by atoms with van der Waals surface area (Å²) in [6.07, 6.45) is 1.71. The van der Waals surface area contributed by atoms with Gasteiger partial charge in [-0.1, -0.05) is 36.4 Å². The average molecular weight is 381 g/mol. The zero-order valence-electron chi connectivity index (χ0n) is 15.5. The number of hydrogen-bond acceptors (Lipinski definition) is 4. The molecule has 1 saturated heterocycles. The van der Waals surface area contributed by atoms with Crippen molar-refractivity contribution in [2.24, 2.45) is 5.92 Å². The molecule has 1 fully saturated rings. The maximum Gasteiger partial charge on any atom is 0.335 e. The number of fused-ring (bicyclic) bond motifs is 1. The summed E-state index contributed by atoms with van der Waals surface area (Å²) in [5.41, 5.74) is 1.99. The molecule has 0 aromatic heterocycles. The Morgan fingerprint density at radius 3 is 2.61 bits per heavy atom. The molecule has 0 saturated carbocycles. The van der Waals surface area contributed by atoms with Crippen molar-refractivity contribution in [1.82, 2.24) is 4.90 Å². The van der Waals surface area contributed by atoms with Gasteiger partial charge in [-0.2, -0.15) is 0 Å². The van der Waals surface area contributed by atoms with Crippen molar-refractivity contribution in [3.8, 4) is 5.75 Å². The molecule has 6 heteroatoms. The van der Waals surface area contributed by atoms with Crippen LogP contribution in [0, 0.1) is 5.92 Å². The SMILES string of the molecule is O=C(O)c1ccc2c(c1)OC[C@H](c1ccccc1)N(C(=O)[C@@H]1CCCOC1)C2. The van der Waals surface area contributed by atoms with Crippen molar-refractivity contribution in [1.29, 1.82) is 0 Å². The van der Waals surface area contributed by atoms with Gasteiger partial charge in [-0.15, -0.1) is 0 Å². The molecular weight excluding hydrogens is 358 g/mol. The molecule has 146 valence electrons. The normalized spacial score (nSPS) is 21.9. The minimum atomic E-state index is -0.998. The van der Waals surface area contributed by atoms with Gasteiger partial charge < -0.3 is 19.5 Å². The van der Waals surface area contributed by atoms with Gasteiger partial charge in [-0.05, 0) is 30.5 Å². The minimum absolute atomic E-state index is 0.0623. The third-order valence-corrected chi connectivity index (χ3v) is 5.40. The van der Waals surface area contributed by atoms with Crippen LogP contribution in [0.1, 0.15) is 40.4 Å². The largest absolute Gasteiger partial charge is 0.491 e. The Balaban J connectivity index is 1.69. The fourth-order valence-corrected chi connectivity index (χ4v) is 3.86. The second-order valence-corrected chi connectivity index (χ2v) is 7.25. The molecule has 2 aliphatic heterocycles. The summed E-state index contributed by atoms with van der Waals surface area (Å²) in [4.78, 5) is 26.5. The van der Waals surface area contributed by atoms with Gasteiger partial charge in [0.05, 0.1) is 30.7 Å². The van der Waals surface area contributed by atoms with Crippen LogP contribution in [0.4, 0.5) is 0 Å². The van der Waals surface area contributed by atoms with Gasteiger partial charge in [-0.25, -0.2) is 4.79 Å². The number of carbonyl (C=O) groups excluding carboxylic acids is 1. The van der Waals surface area contributed by atoms with Gasteiger partial charge >= 0.3 is 5.97 Å². The predicted octanol–water partition coefficient (Wildman–Crippen LogP) is 3.27. The summed E-state index contributed by atoms with van der Waals surface area (Å²) in [5, 5.41) is 9.26. The fourth-order valence-electron chi connectivity index (χ4n) is 3.86. The number of aromatic carboxylic acids is 1. The summed E-state index contributed by atoms with van der Waals surface area (Å²) in [7, 11) is 0. The highest BCUT2D eigenvalue weighted by atomic mass is 16.5. The molecule has 0 spiro atoms. The molecule has 2 aliphatic rings. The molecular formula is C22H23NO5. The van der Waals surface area contributed by atoms with Crippen LogP contribution in [0.5, 0.6) is 5.75 Å². The molecule has 0 bridgehead atoms. The standard InChI is InChI=1S/C22H23NO5/c24-21(18-7-4-10-27-13-18)23-12-17-9-8-16(22(25)26)11-20(17)28-14-19(23)15-5-2-1-3-6-15/h1-3,5-6,8-9,11,18-19H,4,7,10,12-14H2,(H,25,26)/t18-,19-/m1/s1. The van der Waals surface area contributed by atoms with Crippen LogP contribution in [0.3, 0.4) is 0 Å². The van der Waals surface area contributed by atoms with Crippen molar-refractivity contribution in [2.45, 2.75) is 25.4 Å². The monoisotopic (exact) mass is 381 g/mol. The Morgan fingerprint density at radius 2 is 1.89 bits per heavy atom. The predicted molar refractivity (Wildman–Crippen MR) is 102 cm³/mol. The highest BCUT2D eigenvalue weighted by molar-refractivity contribution is 5.88. The molecule has 2 aromatic rings. The summed E-state index contributed by atoms with van der Waals surface area (Å²) in [6, 6.07) is 14.4. The van der Waals surface area contributed by atoms with E-state index < -0.39 is 5.97 Å². The molecule has 1 amide bonds. The van der Waals surface area contributed by atoms with E-state index in [4.69, 9.17) is 9.47 Å². The Kier molecular flexibility index (Phi) is 5.30. The van der Waals surface area contributed by atoms with Crippen molar-refractivity contribution in [2.75, 3.05) is 19.8 Å². The van der Waals surface area contributed by atoms with E-state index in [0.29, 0.717) is 25.5 Å². The number of nitrogens with zero attached hydrogens (tertiary/aromatic N) is 1. The highest BCUT2D eigenvalue weighted by Gasteiger charge is 2.34. The molecule has 0 unspecified atom stereocenters. The van der Waals surface area contributed by atoms with E-state index in [1.54, 1.807) is 12.1 Å². The number of rotatable bonds is 3. The Bertz CT molecular complexity index is 860. The first-order valence-corrected chi connectivity index (χ1v) is 9.55. The van der Waals surface area contributed by atoms with Crippen LogP contribution in [-0.2, 0) is 16.1 Å². The van der Waals surface area contributed by atoms with Crippen LogP contribution in [0.2, 0.25) is 0 Å². The van der Waals surface area contributed by atoms with E-state index in [2.05, 4.69) is 0 Å². The molecule has 2 atom stereocenters.